The van der Waals surface area contributed by atoms with E-state index in [9.17, 15) is 8.42 Å². The Labute approximate surface area is 259 Å². The van der Waals surface area contributed by atoms with Crippen molar-refractivity contribution in [3.8, 4) is 11.3 Å². The van der Waals surface area contributed by atoms with Crippen molar-refractivity contribution in [1.82, 2.24) is 28.6 Å². The summed E-state index contributed by atoms with van der Waals surface area (Å²) < 4.78 is 29.1. The van der Waals surface area contributed by atoms with E-state index in [1.165, 1.54) is 35.5 Å². The van der Waals surface area contributed by atoms with Crippen molar-refractivity contribution in [1.29, 1.82) is 0 Å². The zero-order valence-electron chi connectivity index (χ0n) is 25.2. The summed E-state index contributed by atoms with van der Waals surface area (Å²) in [5.74, 6) is 0.897. The maximum absolute atomic E-state index is 13.9. The van der Waals surface area contributed by atoms with E-state index in [2.05, 4.69) is 40.2 Å². The topological polar surface area (TPSA) is 74.6 Å². The third kappa shape index (κ3) is 5.80. The Morgan fingerprint density at radius 1 is 0.837 bits per heavy atom. The molecule has 0 atom stereocenters. The van der Waals surface area contributed by atoms with Gasteiger partial charge in [-0.15, -0.1) is 11.3 Å². The van der Waals surface area contributed by atoms with Crippen LogP contribution in [0.4, 0.5) is 0 Å². The SMILES string of the molecule is CN1CCC(c2nc(-c3cn(S(=O)(=O)c4ccccc4)c4ncc([C@H]5CC[C@@H](N6CCN(C)CC6)CC5)cc34)cs2)CC1. The number of hydrogen-bond acceptors (Lipinski definition) is 8. The second kappa shape index (κ2) is 12.0. The number of benzene rings is 1. The molecule has 3 fully saturated rings. The largest absolute Gasteiger partial charge is 0.306 e. The summed E-state index contributed by atoms with van der Waals surface area (Å²) in [6.45, 7) is 6.81. The maximum Gasteiger partial charge on any atom is 0.269 e. The first-order valence-electron chi connectivity index (χ1n) is 15.8. The van der Waals surface area contributed by atoms with Gasteiger partial charge in [-0.25, -0.2) is 22.4 Å². The van der Waals surface area contributed by atoms with E-state index in [-0.39, 0.29) is 4.90 Å². The molecular weight excluding hydrogens is 577 g/mol. The standard InChI is InChI=1S/C33H42N6O2S2/c1-36-14-12-25(13-15-36)33-35-31(23-42-33)30-22-39(43(40,41)28-6-4-3-5-7-28)32-29(30)20-26(21-34-32)24-8-10-27(11-9-24)38-18-16-37(2)17-19-38/h3-7,20-25,27H,8-19H2,1-2H3/t24-,27+. The van der Waals surface area contributed by atoms with Crippen LogP contribution >= 0.6 is 11.3 Å². The highest BCUT2D eigenvalue weighted by Gasteiger charge is 2.30. The van der Waals surface area contributed by atoms with Gasteiger partial charge in [-0.1, -0.05) is 18.2 Å². The van der Waals surface area contributed by atoms with Crippen LogP contribution in [0.3, 0.4) is 0 Å². The Bertz CT molecular complexity index is 1660. The average molecular weight is 619 g/mol. The van der Waals surface area contributed by atoms with Gasteiger partial charge in [0.15, 0.2) is 5.65 Å². The Morgan fingerprint density at radius 2 is 1.53 bits per heavy atom. The average Bonchev–Trinajstić information content (AvgIpc) is 3.68. The highest BCUT2D eigenvalue weighted by molar-refractivity contribution is 7.90. The Morgan fingerprint density at radius 3 is 2.26 bits per heavy atom. The Balaban J connectivity index is 1.22. The fraction of sp³-hybridized carbons (Fsp3) is 0.515. The minimum Gasteiger partial charge on any atom is -0.306 e. The number of piperazine rings is 1. The van der Waals surface area contributed by atoms with Crippen molar-refractivity contribution >= 4 is 32.4 Å². The quantitative estimate of drug-likeness (QED) is 0.283. The van der Waals surface area contributed by atoms with Crippen molar-refractivity contribution in [2.75, 3.05) is 53.4 Å². The van der Waals surface area contributed by atoms with Crippen LogP contribution in [-0.2, 0) is 10.0 Å². The van der Waals surface area contributed by atoms with Crippen LogP contribution in [0.25, 0.3) is 22.3 Å². The number of likely N-dealkylation sites (tertiary alicyclic amines) is 1. The lowest BCUT2D eigenvalue weighted by Gasteiger charge is -2.41. The Kier molecular flexibility index (Phi) is 8.15. The molecule has 1 aliphatic carbocycles. The van der Waals surface area contributed by atoms with Crippen LogP contribution in [0.1, 0.15) is 60.9 Å². The molecule has 10 heteroatoms. The first-order chi connectivity index (χ1) is 20.9. The van der Waals surface area contributed by atoms with E-state index >= 15 is 0 Å². The van der Waals surface area contributed by atoms with E-state index in [0.717, 1.165) is 73.5 Å². The molecule has 3 aliphatic rings. The van der Waals surface area contributed by atoms with Gasteiger partial charge in [0.25, 0.3) is 10.0 Å². The fourth-order valence-corrected chi connectivity index (χ4v) is 9.56. The summed E-state index contributed by atoms with van der Waals surface area (Å²) in [6, 6.07) is 11.5. The smallest absolute Gasteiger partial charge is 0.269 e. The van der Waals surface area contributed by atoms with Crippen LogP contribution < -0.4 is 0 Å². The Hall–Kier alpha value is -2.63. The normalized spacial score (nSPS) is 23.7. The van der Waals surface area contributed by atoms with Crippen molar-refractivity contribution in [2.24, 2.45) is 0 Å². The van der Waals surface area contributed by atoms with Gasteiger partial charge in [-0.05, 0) is 95.4 Å². The van der Waals surface area contributed by atoms with Crippen LogP contribution in [0.5, 0.6) is 0 Å². The molecule has 2 aliphatic heterocycles. The highest BCUT2D eigenvalue weighted by Crippen LogP contribution is 2.40. The zero-order valence-corrected chi connectivity index (χ0v) is 26.9. The minimum absolute atomic E-state index is 0.261. The molecule has 0 radical (unpaired) electrons. The first kappa shape index (κ1) is 29.1. The molecule has 0 unspecified atom stereocenters. The lowest BCUT2D eigenvalue weighted by atomic mass is 9.81. The van der Waals surface area contributed by atoms with Crippen LogP contribution in [0, 0.1) is 0 Å². The number of pyridine rings is 1. The van der Waals surface area contributed by atoms with Gasteiger partial charge in [0.05, 0.1) is 15.6 Å². The summed E-state index contributed by atoms with van der Waals surface area (Å²) >= 11 is 1.70. The van der Waals surface area contributed by atoms with Gasteiger partial charge in [-0.2, -0.15) is 0 Å². The monoisotopic (exact) mass is 618 g/mol. The van der Waals surface area contributed by atoms with E-state index < -0.39 is 10.0 Å². The van der Waals surface area contributed by atoms with Crippen molar-refractivity contribution in [3.63, 3.8) is 0 Å². The molecule has 3 aromatic heterocycles. The van der Waals surface area contributed by atoms with E-state index in [1.54, 1.807) is 41.8 Å². The fourth-order valence-electron chi connectivity index (χ4n) is 7.23. The molecule has 0 bridgehead atoms. The molecule has 7 rings (SSSR count). The first-order valence-corrected chi connectivity index (χ1v) is 18.1. The van der Waals surface area contributed by atoms with Crippen LogP contribution in [0.2, 0.25) is 0 Å². The van der Waals surface area contributed by atoms with Gasteiger partial charge in [0.1, 0.15) is 0 Å². The maximum atomic E-state index is 13.9. The molecule has 43 heavy (non-hydrogen) atoms. The predicted molar refractivity (Wildman–Crippen MR) is 173 cm³/mol. The summed E-state index contributed by atoms with van der Waals surface area (Å²) in [5, 5.41) is 4.13. The van der Waals surface area contributed by atoms with E-state index in [0.29, 0.717) is 23.5 Å². The number of aromatic nitrogens is 3. The van der Waals surface area contributed by atoms with Gasteiger partial charge in [0, 0.05) is 66.9 Å². The predicted octanol–water partition coefficient (Wildman–Crippen LogP) is 5.48. The number of rotatable bonds is 6. The van der Waals surface area contributed by atoms with Gasteiger partial charge in [-0.3, -0.25) is 4.90 Å². The number of nitrogens with zero attached hydrogens (tertiary/aromatic N) is 6. The zero-order chi connectivity index (χ0) is 29.6. The molecule has 0 spiro atoms. The number of likely N-dealkylation sites (N-methyl/N-ethyl adjacent to an activating group) is 1. The molecule has 1 saturated carbocycles. The van der Waals surface area contributed by atoms with Crippen LogP contribution in [-0.4, -0.2) is 96.5 Å². The number of hydrogen-bond donors (Lipinski definition) is 0. The third-order valence-electron chi connectivity index (χ3n) is 10.0. The van der Waals surface area contributed by atoms with Gasteiger partial charge < -0.3 is 9.80 Å². The lowest BCUT2D eigenvalue weighted by Crippen LogP contribution is -2.49. The molecule has 2 saturated heterocycles. The second-order valence-corrected chi connectivity index (χ2v) is 15.5. The molecule has 5 heterocycles. The van der Waals surface area contributed by atoms with Gasteiger partial charge in [0.2, 0.25) is 0 Å². The highest BCUT2D eigenvalue weighted by atomic mass is 32.2. The molecular formula is C33H42N6O2S2. The summed E-state index contributed by atoms with van der Waals surface area (Å²) in [4.78, 5) is 17.7. The number of fused-ring (bicyclic) bond motifs is 1. The van der Waals surface area contributed by atoms with Gasteiger partial charge >= 0.3 is 0 Å². The molecule has 1 aromatic carbocycles. The summed E-state index contributed by atoms with van der Waals surface area (Å²) in [6.07, 6.45) is 10.6. The molecule has 0 N–H and O–H groups in total. The number of piperidine rings is 1. The second-order valence-electron chi connectivity index (χ2n) is 12.8. The van der Waals surface area contributed by atoms with E-state index in [1.807, 2.05) is 12.3 Å². The van der Waals surface area contributed by atoms with Crippen molar-refractivity contribution < 1.29 is 8.42 Å². The summed E-state index contributed by atoms with van der Waals surface area (Å²) in [5.41, 5.74) is 3.39. The minimum atomic E-state index is -3.82. The number of thiazole rings is 1. The third-order valence-corrected chi connectivity index (χ3v) is 12.7. The van der Waals surface area contributed by atoms with Crippen molar-refractivity contribution in [3.05, 3.63) is 64.7 Å². The molecule has 8 nitrogen and oxygen atoms in total. The lowest BCUT2D eigenvalue weighted by molar-refractivity contribution is 0.0878. The summed E-state index contributed by atoms with van der Waals surface area (Å²) in [7, 11) is 0.570. The molecule has 4 aromatic rings. The van der Waals surface area contributed by atoms with Crippen molar-refractivity contribution in [2.45, 2.75) is 61.3 Å². The van der Waals surface area contributed by atoms with Crippen LogP contribution in [0.15, 0.2) is 59.1 Å². The molecule has 228 valence electrons. The molecule has 0 amide bonds. The van der Waals surface area contributed by atoms with E-state index in [4.69, 9.17) is 9.97 Å².